The van der Waals surface area contributed by atoms with Gasteiger partial charge in [-0.2, -0.15) is 0 Å². The quantitative estimate of drug-likeness (QED) is 0.790. The molecular formula is C15H12N4O. The number of carbonyl (C=O) groups excluding carboxylic acids is 1. The Hall–Kier alpha value is -2.95. The molecule has 1 N–H and O–H groups in total. The molecule has 0 radical (unpaired) electrons. The van der Waals surface area contributed by atoms with Crippen molar-refractivity contribution in [3.05, 3.63) is 72.9 Å². The maximum atomic E-state index is 12.0. The van der Waals surface area contributed by atoms with Gasteiger partial charge in [-0.25, -0.2) is 9.97 Å². The van der Waals surface area contributed by atoms with E-state index in [9.17, 15) is 4.79 Å². The van der Waals surface area contributed by atoms with Gasteiger partial charge in [-0.05, 0) is 42.5 Å². The molecule has 0 aliphatic carbocycles. The van der Waals surface area contributed by atoms with Gasteiger partial charge in [-0.15, -0.1) is 0 Å². The fourth-order valence-electron chi connectivity index (χ4n) is 1.84. The second-order valence-electron chi connectivity index (χ2n) is 4.19. The van der Waals surface area contributed by atoms with Crippen molar-refractivity contribution in [1.29, 1.82) is 0 Å². The Bertz CT molecular complexity index is 691. The lowest BCUT2D eigenvalue weighted by Gasteiger charge is -2.06. The third-order valence-corrected chi connectivity index (χ3v) is 2.86. The summed E-state index contributed by atoms with van der Waals surface area (Å²) in [5, 5.41) is 2.72. The van der Waals surface area contributed by atoms with E-state index in [-0.39, 0.29) is 5.91 Å². The van der Waals surface area contributed by atoms with Crippen molar-refractivity contribution in [2.24, 2.45) is 0 Å². The van der Waals surface area contributed by atoms with Crippen LogP contribution in [0.25, 0.3) is 5.69 Å². The lowest BCUT2D eigenvalue weighted by atomic mass is 10.2. The summed E-state index contributed by atoms with van der Waals surface area (Å²) in [5.74, 6) is 0.294. The van der Waals surface area contributed by atoms with Gasteiger partial charge in [0.1, 0.15) is 12.1 Å². The molecular weight excluding hydrogens is 252 g/mol. The molecule has 0 aliphatic rings. The summed E-state index contributed by atoms with van der Waals surface area (Å²) in [6.45, 7) is 0. The Kier molecular flexibility index (Phi) is 3.24. The zero-order valence-electron chi connectivity index (χ0n) is 10.6. The number of hydrogen-bond donors (Lipinski definition) is 1. The highest BCUT2D eigenvalue weighted by Gasteiger charge is 2.06. The molecule has 0 atom stereocenters. The minimum atomic E-state index is -0.192. The monoisotopic (exact) mass is 264 g/mol. The van der Waals surface area contributed by atoms with Gasteiger partial charge in [0, 0.05) is 29.8 Å². The average Bonchev–Trinajstić information content (AvgIpc) is 3.03. The van der Waals surface area contributed by atoms with Crippen LogP contribution in [-0.2, 0) is 0 Å². The fraction of sp³-hybridized carbons (Fsp3) is 0. The van der Waals surface area contributed by atoms with Crippen molar-refractivity contribution in [1.82, 2.24) is 14.5 Å². The molecule has 0 unspecified atom stereocenters. The molecule has 3 aromatic rings. The summed E-state index contributed by atoms with van der Waals surface area (Å²) in [6.07, 6.45) is 6.88. The third kappa shape index (κ3) is 2.56. The van der Waals surface area contributed by atoms with Crippen molar-refractivity contribution in [2.75, 3.05) is 5.32 Å². The van der Waals surface area contributed by atoms with Crippen LogP contribution in [-0.4, -0.2) is 20.4 Å². The van der Waals surface area contributed by atoms with E-state index in [1.54, 1.807) is 24.4 Å². The van der Waals surface area contributed by atoms with Gasteiger partial charge in [-0.1, -0.05) is 0 Å². The Morgan fingerprint density at radius 2 is 1.80 bits per heavy atom. The van der Waals surface area contributed by atoms with E-state index < -0.39 is 0 Å². The van der Waals surface area contributed by atoms with E-state index in [1.807, 2.05) is 41.2 Å². The Labute approximate surface area is 115 Å². The molecule has 0 fully saturated rings. The normalized spacial score (nSPS) is 10.2. The number of amides is 1. The average molecular weight is 264 g/mol. The summed E-state index contributed by atoms with van der Waals surface area (Å²) in [7, 11) is 0. The smallest absolute Gasteiger partial charge is 0.256 e. The van der Waals surface area contributed by atoms with Crippen molar-refractivity contribution in [3.8, 4) is 5.69 Å². The zero-order chi connectivity index (χ0) is 13.8. The SMILES string of the molecule is O=C(Nc1ccncn1)c1ccc(-n2cccc2)cc1. The summed E-state index contributed by atoms with van der Waals surface area (Å²) in [4.78, 5) is 19.8. The molecule has 0 bridgehead atoms. The predicted molar refractivity (Wildman–Crippen MR) is 75.8 cm³/mol. The minimum absolute atomic E-state index is 0.192. The van der Waals surface area contributed by atoms with E-state index in [0.717, 1.165) is 5.69 Å². The van der Waals surface area contributed by atoms with Gasteiger partial charge >= 0.3 is 0 Å². The summed E-state index contributed by atoms with van der Waals surface area (Å²) >= 11 is 0. The first-order chi connectivity index (χ1) is 9.83. The second kappa shape index (κ2) is 5.36. The van der Waals surface area contributed by atoms with E-state index in [1.165, 1.54) is 6.33 Å². The van der Waals surface area contributed by atoms with E-state index in [2.05, 4.69) is 15.3 Å². The van der Waals surface area contributed by atoms with Crippen molar-refractivity contribution in [3.63, 3.8) is 0 Å². The van der Waals surface area contributed by atoms with Gasteiger partial charge in [0.2, 0.25) is 0 Å². The first-order valence-electron chi connectivity index (χ1n) is 6.14. The molecule has 1 amide bonds. The number of benzene rings is 1. The topological polar surface area (TPSA) is 59.8 Å². The number of aromatic nitrogens is 3. The molecule has 20 heavy (non-hydrogen) atoms. The van der Waals surface area contributed by atoms with Crippen LogP contribution in [0.2, 0.25) is 0 Å². The van der Waals surface area contributed by atoms with Crippen LogP contribution in [0.15, 0.2) is 67.4 Å². The minimum Gasteiger partial charge on any atom is -0.324 e. The number of hydrogen-bond acceptors (Lipinski definition) is 3. The summed E-state index contributed by atoms with van der Waals surface area (Å²) < 4.78 is 1.98. The molecule has 2 heterocycles. The lowest BCUT2D eigenvalue weighted by Crippen LogP contribution is -2.12. The number of anilines is 1. The molecule has 0 spiro atoms. The molecule has 98 valence electrons. The van der Waals surface area contributed by atoms with Crippen molar-refractivity contribution in [2.45, 2.75) is 0 Å². The van der Waals surface area contributed by atoms with Crippen LogP contribution in [0.3, 0.4) is 0 Å². The summed E-state index contributed by atoms with van der Waals surface area (Å²) in [5.41, 5.74) is 1.59. The Morgan fingerprint density at radius 3 is 2.45 bits per heavy atom. The van der Waals surface area contributed by atoms with Crippen LogP contribution in [0.5, 0.6) is 0 Å². The number of carbonyl (C=O) groups is 1. The van der Waals surface area contributed by atoms with Gasteiger partial charge in [0.05, 0.1) is 0 Å². The van der Waals surface area contributed by atoms with Gasteiger partial charge in [0.25, 0.3) is 5.91 Å². The first-order valence-corrected chi connectivity index (χ1v) is 6.14. The maximum Gasteiger partial charge on any atom is 0.256 e. The number of rotatable bonds is 3. The standard InChI is InChI=1S/C15H12N4O/c20-15(18-14-7-8-16-11-17-14)12-3-5-13(6-4-12)19-9-1-2-10-19/h1-11H,(H,16,17,18,20). The van der Waals surface area contributed by atoms with Crippen LogP contribution in [0, 0.1) is 0 Å². The van der Waals surface area contributed by atoms with E-state index in [4.69, 9.17) is 0 Å². The Morgan fingerprint density at radius 1 is 1.05 bits per heavy atom. The Balaban J connectivity index is 1.76. The number of nitrogens with zero attached hydrogens (tertiary/aromatic N) is 3. The molecule has 2 aromatic heterocycles. The first kappa shape index (κ1) is 12.1. The molecule has 5 nitrogen and oxygen atoms in total. The van der Waals surface area contributed by atoms with Gasteiger partial charge in [-0.3, -0.25) is 4.79 Å². The highest BCUT2D eigenvalue weighted by Crippen LogP contribution is 2.11. The zero-order valence-corrected chi connectivity index (χ0v) is 10.6. The van der Waals surface area contributed by atoms with Gasteiger partial charge in [0.15, 0.2) is 0 Å². The van der Waals surface area contributed by atoms with Crippen LogP contribution in [0.1, 0.15) is 10.4 Å². The van der Waals surface area contributed by atoms with E-state index >= 15 is 0 Å². The molecule has 3 rings (SSSR count). The predicted octanol–water partition coefficient (Wildman–Crippen LogP) is 2.52. The van der Waals surface area contributed by atoms with Crippen molar-refractivity contribution < 1.29 is 4.79 Å². The number of nitrogens with one attached hydrogen (secondary N) is 1. The maximum absolute atomic E-state index is 12.0. The summed E-state index contributed by atoms with van der Waals surface area (Å²) in [6, 6.07) is 12.9. The second-order valence-corrected chi connectivity index (χ2v) is 4.19. The molecule has 0 aliphatic heterocycles. The highest BCUT2D eigenvalue weighted by molar-refractivity contribution is 6.03. The van der Waals surface area contributed by atoms with Crippen LogP contribution in [0.4, 0.5) is 5.82 Å². The van der Waals surface area contributed by atoms with Gasteiger partial charge < -0.3 is 9.88 Å². The third-order valence-electron chi connectivity index (χ3n) is 2.86. The molecule has 0 saturated carbocycles. The molecule has 0 saturated heterocycles. The highest BCUT2D eigenvalue weighted by atomic mass is 16.1. The molecule has 5 heteroatoms. The largest absolute Gasteiger partial charge is 0.324 e. The fourth-order valence-corrected chi connectivity index (χ4v) is 1.84. The molecule has 1 aromatic carbocycles. The van der Waals surface area contributed by atoms with Crippen LogP contribution < -0.4 is 5.32 Å². The van der Waals surface area contributed by atoms with E-state index in [0.29, 0.717) is 11.4 Å². The van der Waals surface area contributed by atoms with Crippen molar-refractivity contribution >= 4 is 11.7 Å². The van der Waals surface area contributed by atoms with Crippen LogP contribution >= 0.6 is 0 Å². The lowest BCUT2D eigenvalue weighted by molar-refractivity contribution is 0.102.